The first-order valence-electron chi connectivity index (χ1n) is 6.78. The molecular weight excluding hydrogens is 307 g/mol. The maximum atomic E-state index is 6.27. The van der Waals surface area contributed by atoms with Gasteiger partial charge in [0.05, 0.1) is 11.4 Å². The molecule has 2 rings (SSSR count). The van der Waals surface area contributed by atoms with Gasteiger partial charge in [0.15, 0.2) is 5.15 Å². The van der Waals surface area contributed by atoms with Gasteiger partial charge in [0, 0.05) is 5.02 Å². The fourth-order valence-corrected chi connectivity index (χ4v) is 2.59. The van der Waals surface area contributed by atoms with Gasteiger partial charge in [-0.2, -0.15) is 0 Å². The third-order valence-corrected chi connectivity index (χ3v) is 3.93. The average molecular weight is 325 g/mol. The van der Waals surface area contributed by atoms with Gasteiger partial charge in [-0.15, -0.1) is 0 Å². The minimum absolute atomic E-state index is 0.263. The fourth-order valence-electron chi connectivity index (χ4n) is 1.95. The molecular formula is C16H18Cl2N2O. The van der Waals surface area contributed by atoms with Crippen LogP contribution in [0.15, 0.2) is 12.1 Å². The fraction of sp³-hybridized carbons (Fsp3) is 0.375. The van der Waals surface area contributed by atoms with Crippen LogP contribution in [0.1, 0.15) is 42.3 Å². The third kappa shape index (κ3) is 3.47. The van der Waals surface area contributed by atoms with Crippen molar-refractivity contribution in [2.75, 3.05) is 0 Å². The van der Waals surface area contributed by atoms with Crippen LogP contribution in [0, 0.1) is 20.8 Å². The Balaban J connectivity index is 2.44. The number of aromatic nitrogens is 2. The van der Waals surface area contributed by atoms with E-state index < -0.39 is 0 Å². The lowest BCUT2D eigenvalue weighted by atomic mass is 10.0. The van der Waals surface area contributed by atoms with Crippen LogP contribution in [0.2, 0.25) is 10.2 Å². The van der Waals surface area contributed by atoms with Gasteiger partial charge >= 0.3 is 0 Å². The van der Waals surface area contributed by atoms with Crippen molar-refractivity contribution in [3.05, 3.63) is 44.8 Å². The number of benzene rings is 1. The number of hydrogen-bond acceptors (Lipinski definition) is 3. The summed E-state index contributed by atoms with van der Waals surface area (Å²) in [5.74, 6) is 1.32. The van der Waals surface area contributed by atoms with E-state index in [2.05, 4.69) is 23.8 Å². The molecule has 0 spiro atoms. The highest BCUT2D eigenvalue weighted by Gasteiger charge is 2.14. The molecule has 0 bridgehead atoms. The lowest BCUT2D eigenvalue weighted by Gasteiger charge is -2.15. The van der Waals surface area contributed by atoms with E-state index in [0.717, 1.165) is 27.5 Å². The number of halogens is 2. The van der Waals surface area contributed by atoms with Gasteiger partial charge in [-0.05, 0) is 49.9 Å². The normalized spacial score (nSPS) is 11.0. The molecule has 0 unspecified atom stereocenters. The standard InChI is InChI=1S/C16H18Cl2N2O/c1-8(2)12-7-14(9(3)6-13(12)17)21-16-15(18)19-10(4)11(5)20-16/h6-8H,1-5H3. The lowest BCUT2D eigenvalue weighted by Crippen LogP contribution is -1.99. The summed E-state index contributed by atoms with van der Waals surface area (Å²) in [6.45, 7) is 9.85. The Kier molecular flexibility index (Phi) is 4.74. The minimum Gasteiger partial charge on any atom is -0.436 e. The molecule has 0 amide bonds. The van der Waals surface area contributed by atoms with E-state index in [1.54, 1.807) is 0 Å². The van der Waals surface area contributed by atoms with Crippen LogP contribution >= 0.6 is 23.2 Å². The molecule has 0 aliphatic carbocycles. The number of hydrogen-bond donors (Lipinski definition) is 0. The smallest absolute Gasteiger partial charge is 0.257 e. The molecule has 1 heterocycles. The summed E-state index contributed by atoms with van der Waals surface area (Å²) in [5, 5.41) is 1.01. The Morgan fingerprint density at radius 3 is 2.24 bits per heavy atom. The molecule has 1 aromatic carbocycles. The van der Waals surface area contributed by atoms with Crippen molar-refractivity contribution in [1.29, 1.82) is 0 Å². The molecule has 3 nitrogen and oxygen atoms in total. The third-order valence-electron chi connectivity index (χ3n) is 3.36. The van der Waals surface area contributed by atoms with Crippen molar-refractivity contribution in [2.45, 2.75) is 40.5 Å². The molecule has 0 N–H and O–H groups in total. The molecule has 0 fully saturated rings. The maximum absolute atomic E-state index is 6.27. The van der Waals surface area contributed by atoms with Crippen LogP contribution in [-0.4, -0.2) is 9.97 Å². The molecule has 0 saturated carbocycles. The van der Waals surface area contributed by atoms with Crippen molar-refractivity contribution in [2.24, 2.45) is 0 Å². The van der Waals surface area contributed by atoms with Gasteiger partial charge < -0.3 is 4.74 Å². The molecule has 0 saturated heterocycles. The first-order chi connectivity index (χ1) is 9.79. The summed E-state index contributed by atoms with van der Waals surface area (Å²) in [7, 11) is 0. The SMILES string of the molecule is Cc1cc(Cl)c(C(C)C)cc1Oc1nc(C)c(C)nc1Cl. The van der Waals surface area contributed by atoms with E-state index in [1.165, 1.54) is 0 Å². The topological polar surface area (TPSA) is 35.0 Å². The van der Waals surface area contributed by atoms with E-state index in [9.17, 15) is 0 Å². The van der Waals surface area contributed by atoms with Crippen molar-refractivity contribution in [1.82, 2.24) is 9.97 Å². The second kappa shape index (κ2) is 6.20. The first-order valence-corrected chi connectivity index (χ1v) is 7.53. The highest BCUT2D eigenvalue weighted by Crippen LogP contribution is 2.35. The number of aryl methyl sites for hydroxylation is 3. The molecule has 21 heavy (non-hydrogen) atoms. The number of rotatable bonds is 3. The van der Waals surface area contributed by atoms with Crippen LogP contribution in [-0.2, 0) is 0 Å². The number of nitrogens with zero attached hydrogens (tertiary/aromatic N) is 2. The zero-order valence-corrected chi connectivity index (χ0v) is 14.3. The Morgan fingerprint density at radius 2 is 1.62 bits per heavy atom. The predicted octanol–water partition coefficient (Wildman–Crippen LogP) is 5.62. The zero-order valence-electron chi connectivity index (χ0n) is 12.8. The lowest BCUT2D eigenvalue weighted by molar-refractivity contribution is 0.454. The van der Waals surface area contributed by atoms with Crippen LogP contribution in [0.3, 0.4) is 0 Å². The van der Waals surface area contributed by atoms with Gasteiger partial charge in [-0.3, -0.25) is 0 Å². The van der Waals surface area contributed by atoms with Gasteiger partial charge in [-0.25, -0.2) is 9.97 Å². The summed E-state index contributed by atoms with van der Waals surface area (Å²) in [6, 6.07) is 3.84. The van der Waals surface area contributed by atoms with Crippen LogP contribution in [0.5, 0.6) is 11.6 Å². The van der Waals surface area contributed by atoms with E-state index in [0.29, 0.717) is 17.5 Å². The Morgan fingerprint density at radius 1 is 1.00 bits per heavy atom. The van der Waals surface area contributed by atoms with Crippen LogP contribution < -0.4 is 4.74 Å². The summed E-state index contributed by atoms with van der Waals surface area (Å²) in [6.07, 6.45) is 0. The second-order valence-corrected chi connectivity index (χ2v) is 6.15. The van der Waals surface area contributed by atoms with Gasteiger partial charge in [0.25, 0.3) is 5.88 Å². The average Bonchev–Trinajstić information content (AvgIpc) is 2.38. The summed E-state index contributed by atoms with van der Waals surface area (Å²) in [5.41, 5.74) is 3.55. The summed E-state index contributed by atoms with van der Waals surface area (Å²) in [4.78, 5) is 8.58. The molecule has 5 heteroatoms. The quantitative estimate of drug-likeness (QED) is 0.734. The van der Waals surface area contributed by atoms with Crippen molar-refractivity contribution in [3.8, 4) is 11.6 Å². The highest BCUT2D eigenvalue weighted by atomic mass is 35.5. The Labute approximate surface area is 135 Å². The predicted molar refractivity (Wildman–Crippen MR) is 86.9 cm³/mol. The van der Waals surface area contributed by atoms with E-state index >= 15 is 0 Å². The van der Waals surface area contributed by atoms with Gasteiger partial charge in [-0.1, -0.05) is 37.0 Å². The second-order valence-electron chi connectivity index (χ2n) is 5.39. The largest absolute Gasteiger partial charge is 0.436 e. The number of ether oxygens (including phenoxy) is 1. The first kappa shape index (κ1) is 16.1. The molecule has 0 aliphatic heterocycles. The minimum atomic E-state index is 0.263. The van der Waals surface area contributed by atoms with Crippen molar-refractivity contribution >= 4 is 23.2 Å². The highest BCUT2D eigenvalue weighted by molar-refractivity contribution is 6.31. The molecule has 2 aromatic rings. The van der Waals surface area contributed by atoms with Crippen molar-refractivity contribution < 1.29 is 4.74 Å². The molecule has 1 aromatic heterocycles. The van der Waals surface area contributed by atoms with Gasteiger partial charge in [0.1, 0.15) is 5.75 Å². The molecule has 112 valence electrons. The van der Waals surface area contributed by atoms with Crippen LogP contribution in [0.4, 0.5) is 0 Å². The summed E-state index contributed by atoms with van der Waals surface area (Å²) < 4.78 is 5.86. The monoisotopic (exact) mass is 324 g/mol. The molecule has 0 atom stereocenters. The Hall–Kier alpha value is -1.32. The van der Waals surface area contributed by atoms with Crippen molar-refractivity contribution in [3.63, 3.8) is 0 Å². The van der Waals surface area contributed by atoms with Gasteiger partial charge in [0.2, 0.25) is 0 Å². The van der Waals surface area contributed by atoms with E-state index in [-0.39, 0.29) is 5.15 Å². The maximum Gasteiger partial charge on any atom is 0.257 e. The molecule has 0 aliphatic rings. The van der Waals surface area contributed by atoms with E-state index in [4.69, 9.17) is 27.9 Å². The molecule has 0 radical (unpaired) electrons. The van der Waals surface area contributed by atoms with E-state index in [1.807, 2.05) is 32.9 Å². The van der Waals surface area contributed by atoms with Crippen LogP contribution in [0.25, 0.3) is 0 Å². The zero-order chi connectivity index (χ0) is 15.7. The Bertz CT molecular complexity index is 684. The summed E-state index contributed by atoms with van der Waals surface area (Å²) >= 11 is 12.4.